The largest absolute Gasteiger partial charge is 0.492 e. The zero-order valence-electron chi connectivity index (χ0n) is 48.3. The summed E-state index contributed by atoms with van der Waals surface area (Å²) >= 11 is 0. The summed E-state index contributed by atoms with van der Waals surface area (Å²) < 4.78 is 56.6. The maximum Gasteiger partial charge on any atom is 0.410 e. The summed E-state index contributed by atoms with van der Waals surface area (Å²) in [7, 11) is 0. The molecule has 1 N–H and O–H groups in total. The number of rotatable bonds is 15. The zero-order valence-corrected chi connectivity index (χ0v) is 48.3. The van der Waals surface area contributed by atoms with Crippen LogP contribution in [0.3, 0.4) is 0 Å². The number of hydrogen-bond acceptors (Lipinski definition) is 15. The van der Waals surface area contributed by atoms with Gasteiger partial charge in [-0.2, -0.15) is 15.1 Å². The first-order valence-corrected chi connectivity index (χ1v) is 29.9. The smallest absolute Gasteiger partial charge is 0.410 e. The van der Waals surface area contributed by atoms with Crippen molar-refractivity contribution in [3.05, 3.63) is 94.9 Å². The number of piperazine rings is 2. The lowest BCUT2D eigenvalue weighted by Crippen LogP contribution is -2.50. The minimum Gasteiger partial charge on any atom is -0.492 e. The molecule has 1 aliphatic carbocycles. The number of aromatic nitrogens is 4. The summed E-state index contributed by atoms with van der Waals surface area (Å²) in [6, 6.07) is 18.3. The van der Waals surface area contributed by atoms with Gasteiger partial charge in [0, 0.05) is 124 Å². The van der Waals surface area contributed by atoms with Crippen molar-refractivity contribution in [2.45, 2.75) is 128 Å². The van der Waals surface area contributed by atoms with Gasteiger partial charge >= 0.3 is 18.1 Å². The molecule has 2 aromatic heterocycles. The first-order chi connectivity index (χ1) is 40.7. The van der Waals surface area contributed by atoms with Crippen molar-refractivity contribution < 1.29 is 52.0 Å². The quantitative estimate of drug-likeness (QED) is 0.102. The van der Waals surface area contributed by atoms with Crippen molar-refractivity contribution in [1.82, 2.24) is 39.8 Å². The number of urea groups is 1. The molecule has 2 bridgehead atoms. The molecule has 21 heteroatoms. The average Bonchev–Trinajstić information content (AvgIpc) is 2.06. The highest BCUT2D eigenvalue weighted by molar-refractivity contribution is 6.07. The molecule has 0 radical (unpaired) electrons. The Hall–Kier alpha value is -7.62. The van der Waals surface area contributed by atoms with Crippen molar-refractivity contribution in [1.29, 1.82) is 0 Å². The molecule has 1 saturated carbocycles. The molecule has 20 nitrogen and oxygen atoms in total. The number of carbonyl (C=O) groups is 4. The van der Waals surface area contributed by atoms with E-state index in [2.05, 4.69) is 21.2 Å². The number of imide groups is 1. The third kappa shape index (κ3) is 11.4. The van der Waals surface area contributed by atoms with E-state index in [1.807, 2.05) is 90.8 Å². The van der Waals surface area contributed by atoms with E-state index in [0.717, 1.165) is 66.0 Å². The Bertz CT molecular complexity index is 3490. The molecule has 3 atom stereocenters. The zero-order chi connectivity index (χ0) is 57.8. The van der Waals surface area contributed by atoms with Crippen molar-refractivity contribution in [3.8, 4) is 28.6 Å². The van der Waals surface area contributed by atoms with Crippen LogP contribution in [0, 0.1) is 12.7 Å². The number of fused-ring (bicyclic) bond motifs is 4. The van der Waals surface area contributed by atoms with Crippen LogP contribution in [-0.4, -0.2) is 161 Å². The molecule has 6 saturated heterocycles. The Labute approximate surface area is 487 Å². The van der Waals surface area contributed by atoms with Crippen molar-refractivity contribution in [2.75, 3.05) is 88.6 Å². The second kappa shape index (κ2) is 23.1. The topological polar surface area (TPSA) is 195 Å². The molecule has 8 heterocycles. The van der Waals surface area contributed by atoms with Gasteiger partial charge in [-0.1, -0.05) is 18.2 Å². The first kappa shape index (κ1) is 55.6. The number of nitrogens with one attached hydrogen (secondary N) is 1. The molecule has 7 aliphatic rings. The summed E-state index contributed by atoms with van der Waals surface area (Å²) in [5, 5.41) is 8.83. The molecule has 5 amide bonds. The van der Waals surface area contributed by atoms with Gasteiger partial charge in [-0.3, -0.25) is 24.7 Å². The standard InChI is InChI=1S/C63H73FN10O10/c1-38-50(64)33-51-49(34-65-74(51)53-10-5-6-26-81-53)54(38)55-47(40-15-16-40)32-48-56(67-60(83-45-18-27-79-28-19-45)68-58(48)72-35-44-30-43(72)36-73(44)62(78)84-63(2,3)4)57(55)82-37-39-11-13-41(14-12-39)59(76)70-23-21-69(22-24-70)25-29-80-46-9-7-8-42(31-46)71-20-17-52(75)66-61(71)77/h7-9,11-14,31-34,40,43-45,53H,5-6,10,15-30,35-37H2,1-4H3,(H,66,75,77)/t43-,44-,53?/m0/s1. The minimum atomic E-state index is -0.631. The molecular weight excluding hydrogens is 1080 g/mol. The van der Waals surface area contributed by atoms with E-state index in [1.54, 1.807) is 12.1 Å². The molecule has 6 aliphatic heterocycles. The van der Waals surface area contributed by atoms with E-state index in [9.17, 15) is 19.2 Å². The molecule has 442 valence electrons. The first-order valence-electron chi connectivity index (χ1n) is 29.9. The van der Waals surface area contributed by atoms with Crippen LogP contribution in [0.15, 0.2) is 66.9 Å². The van der Waals surface area contributed by atoms with Crippen LogP contribution in [0.25, 0.3) is 32.9 Å². The highest BCUT2D eigenvalue weighted by atomic mass is 19.1. The Morgan fingerprint density at radius 3 is 2.38 bits per heavy atom. The maximum atomic E-state index is 16.9. The SMILES string of the molecule is Cc1c(F)cc2c(cnn2C2CCCCO2)c1-c1c(C2CC2)cc2c(N3C[C@@H]4C[C@H]3CN4C(=O)OC(C)(C)C)nc(OC3CCOCC3)nc2c1OCc1ccc(C(=O)N2CCN(CCOc3cccc(N4CCC(=O)NC4=O)c3)CC2)cc1. The summed E-state index contributed by atoms with van der Waals surface area (Å²) in [5.74, 6) is 1.26. The third-order valence-corrected chi connectivity index (χ3v) is 17.4. The number of anilines is 2. The normalized spacial score (nSPS) is 21.6. The van der Waals surface area contributed by atoms with Gasteiger partial charge in [0.1, 0.15) is 47.8 Å². The number of carbonyl (C=O) groups excluding carboxylic acids is 4. The van der Waals surface area contributed by atoms with Crippen LogP contribution in [-0.2, 0) is 25.6 Å². The van der Waals surface area contributed by atoms with Gasteiger partial charge in [-0.05, 0) is 119 Å². The molecule has 4 aromatic carbocycles. The number of nitrogens with zero attached hydrogens (tertiary/aromatic N) is 9. The summed E-state index contributed by atoms with van der Waals surface area (Å²) in [4.78, 5) is 72.1. The van der Waals surface area contributed by atoms with E-state index in [1.165, 1.54) is 4.90 Å². The molecule has 7 fully saturated rings. The molecule has 1 unspecified atom stereocenters. The monoisotopic (exact) mass is 1150 g/mol. The Morgan fingerprint density at radius 2 is 1.65 bits per heavy atom. The predicted octanol–water partition coefficient (Wildman–Crippen LogP) is 9.29. The number of hydrogen-bond donors (Lipinski definition) is 1. The summed E-state index contributed by atoms with van der Waals surface area (Å²) in [5.41, 5.74) is 5.52. The third-order valence-electron chi connectivity index (χ3n) is 17.4. The van der Waals surface area contributed by atoms with Crippen molar-refractivity contribution in [3.63, 3.8) is 0 Å². The molecule has 84 heavy (non-hydrogen) atoms. The second-order valence-corrected chi connectivity index (χ2v) is 24.3. The van der Waals surface area contributed by atoms with Crippen LogP contribution >= 0.6 is 0 Å². The van der Waals surface area contributed by atoms with Crippen LogP contribution in [0.5, 0.6) is 17.5 Å². The highest BCUT2D eigenvalue weighted by Gasteiger charge is 2.48. The Morgan fingerprint density at radius 1 is 0.845 bits per heavy atom. The fraction of sp³-hybridized carbons (Fsp3) is 0.508. The fourth-order valence-corrected chi connectivity index (χ4v) is 12.8. The van der Waals surface area contributed by atoms with Gasteiger partial charge in [0.2, 0.25) is 5.91 Å². The minimum absolute atomic E-state index is 0.0448. The van der Waals surface area contributed by atoms with Crippen LogP contribution in [0.4, 0.5) is 25.5 Å². The lowest BCUT2D eigenvalue weighted by molar-refractivity contribution is -0.120. The van der Waals surface area contributed by atoms with Gasteiger partial charge in [-0.15, -0.1) is 0 Å². The van der Waals surface area contributed by atoms with E-state index in [4.69, 9.17) is 43.5 Å². The summed E-state index contributed by atoms with van der Waals surface area (Å²) in [6.45, 7) is 14.2. The Kier molecular flexibility index (Phi) is 15.3. The van der Waals surface area contributed by atoms with Crippen LogP contribution in [0.2, 0.25) is 0 Å². The second-order valence-electron chi connectivity index (χ2n) is 24.3. The predicted molar refractivity (Wildman–Crippen MR) is 311 cm³/mol. The molecular formula is C63H73FN10O10. The molecule has 13 rings (SSSR count). The van der Waals surface area contributed by atoms with Crippen molar-refractivity contribution >= 4 is 57.2 Å². The number of halogens is 1. The lowest BCUT2D eigenvalue weighted by Gasteiger charge is -2.36. The van der Waals surface area contributed by atoms with E-state index in [0.29, 0.717) is 142 Å². The van der Waals surface area contributed by atoms with Crippen LogP contribution < -0.4 is 29.3 Å². The maximum absolute atomic E-state index is 16.9. The van der Waals surface area contributed by atoms with Crippen molar-refractivity contribution in [2.24, 2.45) is 0 Å². The number of ether oxygens (including phenoxy) is 6. The van der Waals surface area contributed by atoms with Gasteiger partial charge in [0.15, 0.2) is 12.0 Å². The summed E-state index contributed by atoms with van der Waals surface area (Å²) in [6.07, 6.45) is 7.96. The molecule has 6 aromatic rings. The van der Waals surface area contributed by atoms with E-state index < -0.39 is 11.6 Å². The highest BCUT2D eigenvalue weighted by Crippen LogP contribution is 2.54. The van der Waals surface area contributed by atoms with Gasteiger partial charge < -0.3 is 43.1 Å². The molecule has 0 spiro atoms. The van der Waals surface area contributed by atoms with E-state index >= 15 is 4.39 Å². The van der Waals surface area contributed by atoms with Gasteiger partial charge in [0.25, 0.3) is 5.91 Å². The number of amides is 5. The fourth-order valence-electron chi connectivity index (χ4n) is 12.8. The van der Waals surface area contributed by atoms with E-state index in [-0.39, 0.29) is 73.1 Å². The van der Waals surface area contributed by atoms with Gasteiger partial charge in [0.05, 0.1) is 37.0 Å². The lowest BCUT2D eigenvalue weighted by atomic mass is 9.88. The van der Waals surface area contributed by atoms with Gasteiger partial charge in [-0.25, -0.2) is 18.7 Å². The van der Waals surface area contributed by atoms with Crippen LogP contribution in [0.1, 0.15) is 118 Å². The average molecular weight is 1150 g/mol. The number of benzene rings is 4. The number of likely N-dealkylation sites (tertiary alicyclic amines) is 1. The Balaban J connectivity index is 0.794.